The molecule has 1 rings (SSSR count). The molecule has 0 aromatic rings. The van der Waals surface area contributed by atoms with Crippen LogP contribution in [0.3, 0.4) is 0 Å². The first kappa shape index (κ1) is 9.47. The minimum atomic E-state index is -0.0376. The fraction of sp³-hybridized carbons (Fsp3) is 0.875. The number of hydrogen-bond acceptors (Lipinski definition) is 2. The SMILES string of the molecule is CC.CC1=NCC(C)(C)O1. The second kappa shape index (κ2) is 3.59. The fourth-order valence-electron chi connectivity index (χ4n) is 0.766. The quantitative estimate of drug-likeness (QED) is 0.509. The van der Waals surface area contributed by atoms with Gasteiger partial charge in [0.15, 0.2) is 5.90 Å². The van der Waals surface area contributed by atoms with E-state index in [1.807, 2.05) is 34.6 Å². The van der Waals surface area contributed by atoms with E-state index >= 15 is 0 Å². The van der Waals surface area contributed by atoms with E-state index in [0.717, 1.165) is 12.4 Å². The molecule has 0 amide bonds. The number of rotatable bonds is 0. The third-order valence-corrected chi connectivity index (χ3v) is 1.11. The van der Waals surface area contributed by atoms with Gasteiger partial charge in [0.2, 0.25) is 0 Å². The van der Waals surface area contributed by atoms with Crippen molar-refractivity contribution < 1.29 is 4.74 Å². The predicted octanol–water partition coefficient (Wildman–Crippen LogP) is 2.24. The van der Waals surface area contributed by atoms with E-state index in [-0.39, 0.29) is 5.60 Å². The molecule has 2 nitrogen and oxygen atoms in total. The van der Waals surface area contributed by atoms with Gasteiger partial charge in [0.1, 0.15) is 5.60 Å². The van der Waals surface area contributed by atoms with Crippen LogP contribution in [0.15, 0.2) is 4.99 Å². The first-order valence-corrected chi connectivity index (χ1v) is 3.80. The zero-order valence-corrected chi connectivity index (χ0v) is 7.56. The lowest BCUT2D eigenvalue weighted by molar-refractivity contribution is 0.129. The van der Waals surface area contributed by atoms with Crippen molar-refractivity contribution >= 4 is 5.90 Å². The number of nitrogens with zero attached hydrogens (tertiary/aromatic N) is 1. The van der Waals surface area contributed by atoms with Gasteiger partial charge in [0.25, 0.3) is 0 Å². The van der Waals surface area contributed by atoms with Gasteiger partial charge in [0.05, 0.1) is 6.54 Å². The minimum Gasteiger partial charge on any atom is -0.473 e. The zero-order valence-electron chi connectivity index (χ0n) is 7.56. The molecule has 2 heteroatoms. The van der Waals surface area contributed by atoms with Gasteiger partial charge in [-0.05, 0) is 13.8 Å². The molecule has 1 heterocycles. The Bertz CT molecular complexity index is 127. The van der Waals surface area contributed by atoms with Gasteiger partial charge in [-0.1, -0.05) is 13.8 Å². The Kier molecular flexibility index (Phi) is 3.40. The Morgan fingerprint density at radius 1 is 1.40 bits per heavy atom. The lowest BCUT2D eigenvalue weighted by atomic mass is 10.1. The van der Waals surface area contributed by atoms with E-state index in [0.29, 0.717) is 0 Å². The molecule has 0 saturated carbocycles. The summed E-state index contributed by atoms with van der Waals surface area (Å²) in [6.45, 7) is 10.8. The molecule has 1 aliphatic rings. The average molecular weight is 143 g/mol. The van der Waals surface area contributed by atoms with Gasteiger partial charge in [-0.3, -0.25) is 4.99 Å². The van der Waals surface area contributed by atoms with E-state index in [2.05, 4.69) is 4.99 Å². The highest BCUT2D eigenvalue weighted by molar-refractivity contribution is 5.75. The predicted molar refractivity (Wildman–Crippen MR) is 44.5 cm³/mol. The summed E-state index contributed by atoms with van der Waals surface area (Å²) in [5.41, 5.74) is -0.0376. The smallest absolute Gasteiger partial charge is 0.180 e. The third kappa shape index (κ3) is 2.85. The number of aliphatic imine (C=N–C) groups is 1. The molecule has 0 N–H and O–H groups in total. The second-order valence-corrected chi connectivity index (χ2v) is 2.70. The van der Waals surface area contributed by atoms with Crippen molar-refractivity contribution in [1.82, 2.24) is 0 Å². The van der Waals surface area contributed by atoms with Gasteiger partial charge in [-0.25, -0.2) is 0 Å². The van der Waals surface area contributed by atoms with E-state index in [1.54, 1.807) is 0 Å². The van der Waals surface area contributed by atoms with Crippen LogP contribution in [0.5, 0.6) is 0 Å². The molecule has 0 spiro atoms. The Balaban J connectivity index is 0.000000371. The maximum atomic E-state index is 5.30. The van der Waals surface area contributed by atoms with Crippen LogP contribution in [0.1, 0.15) is 34.6 Å². The van der Waals surface area contributed by atoms with Crippen LogP contribution in [0.25, 0.3) is 0 Å². The van der Waals surface area contributed by atoms with Gasteiger partial charge in [0, 0.05) is 6.92 Å². The van der Waals surface area contributed by atoms with E-state index < -0.39 is 0 Å². The maximum Gasteiger partial charge on any atom is 0.180 e. The normalized spacial score (nSPS) is 20.3. The summed E-state index contributed by atoms with van der Waals surface area (Å²) in [5, 5.41) is 0. The molecule has 0 fully saturated rings. The third-order valence-electron chi connectivity index (χ3n) is 1.11. The zero-order chi connectivity index (χ0) is 8.20. The molecular weight excluding hydrogens is 126 g/mol. The second-order valence-electron chi connectivity index (χ2n) is 2.70. The highest BCUT2D eigenvalue weighted by Gasteiger charge is 2.24. The Hall–Kier alpha value is -0.530. The van der Waals surface area contributed by atoms with Crippen molar-refractivity contribution in [1.29, 1.82) is 0 Å². The number of ether oxygens (including phenoxy) is 1. The maximum absolute atomic E-state index is 5.30. The van der Waals surface area contributed by atoms with Crippen LogP contribution < -0.4 is 0 Å². The summed E-state index contributed by atoms with van der Waals surface area (Å²) >= 11 is 0. The Morgan fingerprint density at radius 3 is 2.00 bits per heavy atom. The van der Waals surface area contributed by atoms with Crippen LogP contribution in [0, 0.1) is 0 Å². The minimum absolute atomic E-state index is 0.0376. The molecule has 0 aliphatic carbocycles. The van der Waals surface area contributed by atoms with Gasteiger partial charge in [-0.2, -0.15) is 0 Å². The van der Waals surface area contributed by atoms with Crippen LogP contribution >= 0.6 is 0 Å². The summed E-state index contributed by atoms with van der Waals surface area (Å²) in [7, 11) is 0. The summed E-state index contributed by atoms with van der Waals surface area (Å²) in [6.07, 6.45) is 0. The van der Waals surface area contributed by atoms with Crippen molar-refractivity contribution in [3.8, 4) is 0 Å². The number of hydrogen-bond donors (Lipinski definition) is 0. The van der Waals surface area contributed by atoms with Crippen LogP contribution in [0.2, 0.25) is 0 Å². The van der Waals surface area contributed by atoms with Crippen molar-refractivity contribution in [2.24, 2.45) is 4.99 Å². The van der Waals surface area contributed by atoms with Crippen molar-refractivity contribution in [2.45, 2.75) is 40.2 Å². The van der Waals surface area contributed by atoms with Crippen molar-refractivity contribution in [3.05, 3.63) is 0 Å². The molecule has 60 valence electrons. The summed E-state index contributed by atoms with van der Waals surface area (Å²) in [5.74, 6) is 0.815. The van der Waals surface area contributed by atoms with Gasteiger partial charge < -0.3 is 4.74 Å². The van der Waals surface area contributed by atoms with Crippen LogP contribution in [-0.2, 0) is 4.74 Å². The van der Waals surface area contributed by atoms with E-state index in [9.17, 15) is 0 Å². The first-order chi connectivity index (χ1) is 4.60. The van der Waals surface area contributed by atoms with E-state index in [1.165, 1.54) is 0 Å². The lowest BCUT2D eigenvalue weighted by Gasteiger charge is -2.15. The topological polar surface area (TPSA) is 21.6 Å². The molecule has 0 bridgehead atoms. The van der Waals surface area contributed by atoms with Crippen molar-refractivity contribution in [3.63, 3.8) is 0 Å². The van der Waals surface area contributed by atoms with Gasteiger partial charge >= 0.3 is 0 Å². The Morgan fingerprint density at radius 2 is 1.90 bits per heavy atom. The Labute approximate surface area is 63.3 Å². The molecular formula is C8H17NO. The molecule has 0 aromatic carbocycles. The summed E-state index contributed by atoms with van der Waals surface area (Å²) in [6, 6.07) is 0. The molecule has 0 unspecified atom stereocenters. The van der Waals surface area contributed by atoms with Crippen LogP contribution in [0.4, 0.5) is 0 Å². The molecule has 0 radical (unpaired) electrons. The summed E-state index contributed by atoms with van der Waals surface area (Å²) < 4.78 is 5.30. The van der Waals surface area contributed by atoms with Crippen LogP contribution in [-0.4, -0.2) is 18.0 Å². The molecule has 1 aliphatic heterocycles. The summed E-state index contributed by atoms with van der Waals surface area (Å²) in [4.78, 5) is 4.08. The monoisotopic (exact) mass is 143 g/mol. The highest BCUT2D eigenvalue weighted by Crippen LogP contribution is 2.15. The molecule has 0 aromatic heterocycles. The fourth-order valence-corrected chi connectivity index (χ4v) is 0.766. The van der Waals surface area contributed by atoms with Gasteiger partial charge in [-0.15, -0.1) is 0 Å². The standard InChI is InChI=1S/C6H11NO.C2H6/c1-5-7-4-6(2,3)8-5;1-2/h4H2,1-3H3;1-2H3. The average Bonchev–Trinajstić information content (AvgIpc) is 2.15. The van der Waals surface area contributed by atoms with Crippen molar-refractivity contribution in [2.75, 3.05) is 6.54 Å². The molecule has 10 heavy (non-hydrogen) atoms. The van der Waals surface area contributed by atoms with E-state index in [4.69, 9.17) is 4.74 Å². The lowest BCUT2D eigenvalue weighted by Crippen LogP contribution is -2.23. The largest absolute Gasteiger partial charge is 0.473 e. The molecule has 0 atom stereocenters. The molecule has 0 saturated heterocycles. The first-order valence-electron chi connectivity index (χ1n) is 3.80. The highest BCUT2D eigenvalue weighted by atomic mass is 16.5.